The van der Waals surface area contributed by atoms with Crippen molar-refractivity contribution in [1.29, 1.82) is 0 Å². The maximum atomic E-state index is 12.5. The molecule has 0 fully saturated rings. The molecule has 0 radical (unpaired) electrons. The van der Waals surface area contributed by atoms with Gasteiger partial charge in [0.25, 0.3) is 5.91 Å². The third-order valence-corrected chi connectivity index (χ3v) is 4.56. The van der Waals surface area contributed by atoms with E-state index >= 15 is 0 Å². The molecule has 0 aliphatic rings. The van der Waals surface area contributed by atoms with Crippen LogP contribution in [0.1, 0.15) is 34.5 Å². The SMILES string of the molecule is CC(NC(=O)c1cncc(NCCc2ccc(Cl)cc2)c1)c1ccccc1. The van der Waals surface area contributed by atoms with Gasteiger partial charge in [-0.1, -0.05) is 54.1 Å². The van der Waals surface area contributed by atoms with E-state index in [-0.39, 0.29) is 11.9 Å². The molecule has 0 saturated carbocycles. The number of hydrogen-bond donors (Lipinski definition) is 2. The monoisotopic (exact) mass is 379 g/mol. The first-order valence-corrected chi connectivity index (χ1v) is 9.29. The summed E-state index contributed by atoms with van der Waals surface area (Å²) in [6.45, 7) is 2.71. The number of amides is 1. The molecule has 2 aromatic carbocycles. The van der Waals surface area contributed by atoms with Gasteiger partial charge in [-0.3, -0.25) is 9.78 Å². The van der Waals surface area contributed by atoms with Crippen LogP contribution in [0.15, 0.2) is 73.1 Å². The van der Waals surface area contributed by atoms with Crippen LogP contribution in [-0.4, -0.2) is 17.4 Å². The van der Waals surface area contributed by atoms with Crippen LogP contribution in [0.4, 0.5) is 5.69 Å². The topological polar surface area (TPSA) is 54.0 Å². The molecule has 1 aromatic heterocycles. The lowest BCUT2D eigenvalue weighted by Gasteiger charge is -2.14. The normalized spacial score (nSPS) is 11.6. The van der Waals surface area contributed by atoms with Crippen LogP contribution in [0.3, 0.4) is 0 Å². The minimum absolute atomic E-state index is 0.0692. The van der Waals surface area contributed by atoms with Crippen molar-refractivity contribution in [3.63, 3.8) is 0 Å². The summed E-state index contributed by atoms with van der Waals surface area (Å²) >= 11 is 5.90. The number of nitrogens with zero attached hydrogens (tertiary/aromatic N) is 1. The van der Waals surface area contributed by atoms with Crippen LogP contribution in [0, 0.1) is 0 Å². The zero-order valence-electron chi connectivity index (χ0n) is 15.2. The average molecular weight is 380 g/mol. The van der Waals surface area contributed by atoms with E-state index in [1.165, 1.54) is 5.56 Å². The van der Waals surface area contributed by atoms with Crippen molar-refractivity contribution in [2.45, 2.75) is 19.4 Å². The Bertz CT molecular complexity index is 882. The van der Waals surface area contributed by atoms with E-state index < -0.39 is 0 Å². The highest BCUT2D eigenvalue weighted by Crippen LogP contribution is 2.14. The Hall–Kier alpha value is -2.85. The molecule has 3 rings (SSSR count). The number of nitrogens with one attached hydrogen (secondary N) is 2. The number of benzene rings is 2. The molecule has 1 unspecified atom stereocenters. The van der Waals surface area contributed by atoms with Gasteiger partial charge in [0, 0.05) is 24.0 Å². The fraction of sp³-hybridized carbons (Fsp3) is 0.182. The predicted octanol–water partition coefficient (Wildman–Crippen LogP) is 4.88. The molecule has 3 aromatic rings. The second-order valence-corrected chi connectivity index (χ2v) is 6.81. The van der Waals surface area contributed by atoms with Gasteiger partial charge in [0.2, 0.25) is 0 Å². The smallest absolute Gasteiger partial charge is 0.253 e. The van der Waals surface area contributed by atoms with Crippen LogP contribution in [0.25, 0.3) is 0 Å². The van der Waals surface area contributed by atoms with Crippen LogP contribution < -0.4 is 10.6 Å². The van der Waals surface area contributed by atoms with Crippen LogP contribution >= 0.6 is 11.6 Å². The van der Waals surface area contributed by atoms with Gasteiger partial charge in [0.15, 0.2) is 0 Å². The van der Waals surface area contributed by atoms with Crippen molar-refractivity contribution in [2.75, 3.05) is 11.9 Å². The Kier molecular flexibility index (Phi) is 6.44. The van der Waals surface area contributed by atoms with Gasteiger partial charge < -0.3 is 10.6 Å². The predicted molar refractivity (Wildman–Crippen MR) is 110 cm³/mol. The van der Waals surface area contributed by atoms with Crippen LogP contribution in [0.2, 0.25) is 5.02 Å². The fourth-order valence-corrected chi connectivity index (χ4v) is 2.89. The van der Waals surface area contributed by atoms with Crippen molar-refractivity contribution in [1.82, 2.24) is 10.3 Å². The second-order valence-electron chi connectivity index (χ2n) is 6.37. The Morgan fingerprint density at radius 3 is 2.56 bits per heavy atom. The number of rotatable bonds is 7. The van der Waals surface area contributed by atoms with Gasteiger partial charge in [-0.15, -0.1) is 0 Å². The molecule has 0 aliphatic carbocycles. The summed E-state index contributed by atoms with van der Waals surface area (Å²) < 4.78 is 0. The zero-order chi connectivity index (χ0) is 19.1. The molecule has 0 spiro atoms. The zero-order valence-corrected chi connectivity index (χ0v) is 15.9. The first kappa shape index (κ1) is 18.9. The van der Waals surface area contributed by atoms with Gasteiger partial charge in [0.1, 0.15) is 0 Å². The van der Waals surface area contributed by atoms with Gasteiger partial charge in [0.05, 0.1) is 17.3 Å². The van der Waals surface area contributed by atoms with Gasteiger partial charge in [-0.25, -0.2) is 0 Å². The highest BCUT2D eigenvalue weighted by atomic mass is 35.5. The number of carbonyl (C=O) groups excluding carboxylic acids is 1. The summed E-state index contributed by atoms with van der Waals surface area (Å²) in [6, 6.07) is 19.4. The Morgan fingerprint density at radius 1 is 1.07 bits per heavy atom. The molecule has 1 amide bonds. The Labute approximate surface area is 164 Å². The van der Waals surface area contributed by atoms with Crippen molar-refractivity contribution < 1.29 is 4.79 Å². The minimum atomic E-state index is -0.139. The van der Waals surface area contributed by atoms with E-state index in [1.54, 1.807) is 12.4 Å². The van der Waals surface area contributed by atoms with Gasteiger partial charge in [-0.05, 0) is 42.7 Å². The highest BCUT2D eigenvalue weighted by molar-refractivity contribution is 6.30. The molecule has 0 bridgehead atoms. The van der Waals surface area contributed by atoms with Crippen molar-refractivity contribution in [3.8, 4) is 0 Å². The average Bonchev–Trinajstić information content (AvgIpc) is 2.70. The van der Waals surface area contributed by atoms with E-state index in [0.29, 0.717) is 5.56 Å². The van der Waals surface area contributed by atoms with Gasteiger partial charge >= 0.3 is 0 Å². The lowest BCUT2D eigenvalue weighted by molar-refractivity contribution is 0.0939. The number of hydrogen-bond acceptors (Lipinski definition) is 3. The largest absolute Gasteiger partial charge is 0.383 e. The van der Waals surface area contributed by atoms with E-state index in [2.05, 4.69) is 15.6 Å². The lowest BCUT2D eigenvalue weighted by Crippen LogP contribution is -2.26. The molecular weight excluding hydrogens is 358 g/mol. The first-order chi connectivity index (χ1) is 13.1. The summed E-state index contributed by atoms with van der Waals surface area (Å²) in [4.78, 5) is 16.7. The maximum absolute atomic E-state index is 12.5. The molecule has 27 heavy (non-hydrogen) atoms. The standard InChI is InChI=1S/C22H22ClN3O/c1-16(18-5-3-2-4-6-18)26-22(27)19-13-21(15-24-14-19)25-12-11-17-7-9-20(23)10-8-17/h2-10,13-16,25H,11-12H2,1H3,(H,26,27). The quantitative estimate of drug-likeness (QED) is 0.615. The number of carbonyl (C=O) groups is 1. The maximum Gasteiger partial charge on any atom is 0.253 e. The summed E-state index contributed by atoms with van der Waals surface area (Å²) in [7, 11) is 0. The van der Waals surface area contributed by atoms with Crippen molar-refractivity contribution >= 4 is 23.2 Å². The number of aromatic nitrogens is 1. The second kappa shape index (κ2) is 9.19. The van der Waals surface area contributed by atoms with E-state index in [4.69, 9.17) is 11.6 Å². The molecule has 1 atom stereocenters. The van der Waals surface area contributed by atoms with Crippen LogP contribution in [-0.2, 0) is 6.42 Å². The molecule has 5 heteroatoms. The molecule has 138 valence electrons. The number of pyridine rings is 1. The van der Waals surface area contributed by atoms with E-state index in [0.717, 1.165) is 29.2 Å². The molecule has 0 saturated heterocycles. The Balaban J connectivity index is 1.56. The first-order valence-electron chi connectivity index (χ1n) is 8.91. The number of halogens is 1. The molecule has 0 aliphatic heterocycles. The molecule has 4 nitrogen and oxygen atoms in total. The third kappa shape index (κ3) is 5.56. The summed E-state index contributed by atoms with van der Waals surface area (Å²) in [5.74, 6) is -0.139. The van der Waals surface area contributed by atoms with E-state index in [9.17, 15) is 4.79 Å². The summed E-state index contributed by atoms with van der Waals surface area (Å²) in [6.07, 6.45) is 4.16. The third-order valence-electron chi connectivity index (χ3n) is 4.30. The molecule has 1 heterocycles. The number of anilines is 1. The highest BCUT2D eigenvalue weighted by Gasteiger charge is 2.12. The van der Waals surface area contributed by atoms with Crippen LogP contribution in [0.5, 0.6) is 0 Å². The van der Waals surface area contributed by atoms with Gasteiger partial charge in [-0.2, -0.15) is 0 Å². The summed E-state index contributed by atoms with van der Waals surface area (Å²) in [5, 5.41) is 7.06. The van der Waals surface area contributed by atoms with Crippen molar-refractivity contribution in [3.05, 3.63) is 94.8 Å². The van der Waals surface area contributed by atoms with E-state index in [1.807, 2.05) is 67.6 Å². The summed E-state index contributed by atoms with van der Waals surface area (Å²) in [5.41, 5.74) is 3.62. The lowest BCUT2D eigenvalue weighted by atomic mass is 10.1. The molecular formula is C22H22ClN3O. The minimum Gasteiger partial charge on any atom is -0.383 e. The molecule has 2 N–H and O–H groups in total. The Morgan fingerprint density at radius 2 is 1.81 bits per heavy atom. The fourth-order valence-electron chi connectivity index (χ4n) is 2.77. The van der Waals surface area contributed by atoms with Crippen molar-refractivity contribution in [2.24, 2.45) is 0 Å².